The Bertz CT molecular complexity index is 364. The van der Waals surface area contributed by atoms with E-state index in [1.54, 1.807) is 24.1 Å². The third-order valence-electron chi connectivity index (χ3n) is 2.90. The molecule has 5 nitrogen and oxygen atoms in total. The molecule has 0 saturated carbocycles. The van der Waals surface area contributed by atoms with Crippen molar-refractivity contribution in [1.82, 2.24) is 9.80 Å². The van der Waals surface area contributed by atoms with Gasteiger partial charge in [0.15, 0.2) is 5.76 Å². The Kier molecular flexibility index (Phi) is 3.81. The normalized spacial score (nSPS) is 21.4. The number of amides is 1. The topological polar surface area (TPSA) is 45.9 Å². The lowest BCUT2D eigenvalue weighted by molar-refractivity contribution is -0.0304. The molecule has 1 atom stereocenters. The molecule has 1 saturated heterocycles. The van der Waals surface area contributed by atoms with E-state index in [-0.39, 0.29) is 12.0 Å². The Morgan fingerprint density at radius 1 is 1.65 bits per heavy atom. The van der Waals surface area contributed by atoms with E-state index in [9.17, 15) is 4.79 Å². The molecule has 5 heteroatoms. The molecule has 1 amide bonds. The van der Waals surface area contributed by atoms with Gasteiger partial charge in [-0.2, -0.15) is 0 Å². The van der Waals surface area contributed by atoms with Crippen molar-refractivity contribution in [2.45, 2.75) is 6.10 Å². The Labute approximate surface area is 101 Å². The van der Waals surface area contributed by atoms with Crippen molar-refractivity contribution in [1.29, 1.82) is 0 Å². The highest BCUT2D eigenvalue weighted by molar-refractivity contribution is 5.91. The molecule has 1 unspecified atom stereocenters. The fourth-order valence-corrected chi connectivity index (χ4v) is 1.95. The van der Waals surface area contributed by atoms with Gasteiger partial charge in [-0.05, 0) is 19.2 Å². The van der Waals surface area contributed by atoms with Crippen LogP contribution >= 0.6 is 0 Å². The maximum absolute atomic E-state index is 11.9. The van der Waals surface area contributed by atoms with Crippen LogP contribution in [-0.4, -0.2) is 62.1 Å². The van der Waals surface area contributed by atoms with Crippen LogP contribution in [0.1, 0.15) is 10.6 Å². The van der Waals surface area contributed by atoms with Crippen LogP contribution in [0.2, 0.25) is 0 Å². The van der Waals surface area contributed by atoms with Gasteiger partial charge < -0.3 is 19.0 Å². The first-order valence-electron chi connectivity index (χ1n) is 5.76. The average Bonchev–Trinajstić information content (AvgIpc) is 2.81. The molecule has 1 fully saturated rings. The summed E-state index contributed by atoms with van der Waals surface area (Å²) < 4.78 is 10.7. The second-order valence-corrected chi connectivity index (χ2v) is 4.42. The Morgan fingerprint density at radius 2 is 2.47 bits per heavy atom. The van der Waals surface area contributed by atoms with Gasteiger partial charge in [-0.15, -0.1) is 0 Å². The molecule has 2 heterocycles. The highest BCUT2D eigenvalue weighted by Crippen LogP contribution is 2.08. The predicted molar refractivity (Wildman–Crippen MR) is 62.9 cm³/mol. The van der Waals surface area contributed by atoms with Gasteiger partial charge in [0.1, 0.15) is 0 Å². The summed E-state index contributed by atoms with van der Waals surface area (Å²) in [4.78, 5) is 15.8. The number of nitrogens with zero attached hydrogens (tertiary/aromatic N) is 2. The van der Waals surface area contributed by atoms with E-state index in [0.29, 0.717) is 12.3 Å². The first-order chi connectivity index (χ1) is 8.16. The molecule has 1 aromatic heterocycles. The second kappa shape index (κ2) is 5.33. The summed E-state index contributed by atoms with van der Waals surface area (Å²) >= 11 is 0. The van der Waals surface area contributed by atoms with E-state index >= 15 is 0 Å². The standard InChI is InChI=1S/C12H18N2O3/c1-13-5-7-16-10(8-13)9-14(2)12(15)11-4-3-6-17-11/h3-4,6,10H,5,7-9H2,1-2H3. The number of furan rings is 1. The maximum Gasteiger partial charge on any atom is 0.289 e. The van der Waals surface area contributed by atoms with E-state index in [2.05, 4.69) is 11.9 Å². The number of morpholine rings is 1. The quantitative estimate of drug-likeness (QED) is 0.777. The zero-order valence-electron chi connectivity index (χ0n) is 10.3. The number of ether oxygens (including phenoxy) is 1. The molecule has 0 N–H and O–H groups in total. The Hall–Kier alpha value is -1.33. The minimum atomic E-state index is -0.105. The number of hydrogen-bond donors (Lipinski definition) is 0. The first-order valence-corrected chi connectivity index (χ1v) is 5.76. The molecule has 0 bridgehead atoms. The van der Waals surface area contributed by atoms with Gasteiger partial charge in [-0.25, -0.2) is 0 Å². The molecule has 0 radical (unpaired) electrons. The van der Waals surface area contributed by atoms with Crippen molar-refractivity contribution < 1.29 is 13.9 Å². The summed E-state index contributed by atoms with van der Waals surface area (Å²) in [5, 5.41) is 0. The summed E-state index contributed by atoms with van der Waals surface area (Å²) in [5.41, 5.74) is 0. The Morgan fingerprint density at radius 3 is 3.12 bits per heavy atom. The van der Waals surface area contributed by atoms with E-state index in [1.807, 2.05) is 0 Å². The number of likely N-dealkylation sites (N-methyl/N-ethyl adjacent to an activating group) is 2. The summed E-state index contributed by atoms with van der Waals surface area (Å²) in [6, 6.07) is 3.39. The molecular formula is C12H18N2O3. The van der Waals surface area contributed by atoms with Crippen LogP contribution in [0.25, 0.3) is 0 Å². The SMILES string of the molecule is CN1CCOC(CN(C)C(=O)c2ccco2)C1. The van der Waals surface area contributed by atoms with E-state index < -0.39 is 0 Å². The van der Waals surface area contributed by atoms with Crippen LogP contribution in [-0.2, 0) is 4.74 Å². The molecule has 0 spiro atoms. The monoisotopic (exact) mass is 238 g/mol. The fraction of sp³-hybridized carbons (Fsp3) is 0.583. The average molecular weight is 238 g/mol. The summed E-state index contributed by atoms with van der Waals surface area (Å²) in [5.74, 6) is 0.267. The fourth-order valence-electron chi connectivity index (χ4n) is 1.95. The lowest BCUT2D eigenvalue weighted by Gasteiger charge is -2.32. The van der Waals surface area contributed by atoms with Crippen molar-refractivity contribution in [3.05, 3.63) is 24.2 Å². The van der Waals surface area contributed by atoms with Gasteiger partial charge in [-0.1, -0.05) is 0 Å². The van der Waals surface area contributed by atoms with Crippen LogP contribution in [0.4, 0.5) is 0 Å². The molecule has 1 aliphatic rings. The van der Waals surface area contributed by atoms with Gasteiger partial charge >= 0.3 is 0 Å². The second-order valence-electron chi connectivity index (χ2n) is 4.42. The van der Waals surface area contributed by atoms with Gasteiger partial charge in [0.05, 0.1) is 19.0 Å². The molecule has 0 aromatic carbocycles. The molecule has 1 aliphatic heterocycles. The number of hydrogen-bond acceptors (Lipinski definition) is 4. The minimum Gasteiger partial charge on any atom is -0.459 e. The highest BCUT2D eigenvalue weighted by atomic mass is 16.5. The molecule has 2 rings (SSSR count). The van der Waals surface area contributed by atoms with Gasteiger partial charge in [0.2, 0.25) is 0 Å². The highest BCUT2D eigenvalue weighted by Gasteiger charge is 2.22. The minimum absolute atomic E-state index is 0.0812. The lowest BCUT2D eigenvalue weighted by Crippen LogP contribution is -2.46. The first kappa shape index (κ1) is 12.1. The van der Waals surface area contributed by atoms with Crippen molar-refractivity contribution in [3.8, 4) is 0 Å². The van der Waals surface area contributed by atoms with Gasteiger partial charge in [0, 0.05) is 26.7 Å². The number of rotatable bonds is 3. The zero-order valence-corrected chi connectivity index (χ0v) is 10.3. The van der Waals surface area contributed by atoms with E-state index in [4.69, 9.17) is 9.15 Å². The Balaban J connectivity index is 1.88. The third-order valence-corrected chi connectivity index (χ3v) is 2.90. The van der Waals surface area contributed by atoms with Crippen LogP contribution in [0.3, 0.4) is 0 Å². The van der Waals surface area contributed by atoms with E-state index in [0.717, 1.165) is 19.7 Å². The zero-order chi connectivity index (χ0) is 12.3. The molecule has 0 aliphatic carbocycles. The molecular weight excluding hydrogens is 220 g/mol. The maximum atomic E-state index is 11.9. The van der Waals surface area contributed by atoms with Crippen molar-refractivity contribution in [2.75, 3.05) is 40.3 Å². The summed E-state index contributed by atoms with van der Waals surface area (Å²) in [7, 11) is 3.83. The smallest absolute Gasteiger partial charge is 0.289 e. The van der Waals surface area contributed by atoms with Crippen LogP contribution in [0.15, 0.2) is 22.8 Å². The number of carbonyl (C=O) groups is 1. The predicted octanol–water partition coefficient (Wildman–Crippen LogP) is 0.682. The molecule has 17 heavy (non-hydrogen) atoms. The van der Waals surface area contributed by atoms with Crippen molar-refractivity contribution in [3.63, 3.8) is 0 Å². The van der Waals surface area contributed by atoms with Gasteiger partial charge in [-0.3, -0.25) is 4.79 Å². The van der Waals surface area contributed by atoms with E-state index in [1.165, 1.54) is 6.26 Å². The van der Waals surface area contributed by atoms with Crippen LogP contribution in [0, 0.1) is 0 Å². The van der Waals surface area contributed by atoms with Gasteiger partial charge in [0.25, 0.3) is 5.91 Å². The molecule has 1 aromatic rings. The van der Waals surface area contributed by atoms with Crippen molar-refractivity contribution in [2.24, 2.45) is 0 Å². The summed E-state index contributed by atoms with van der Waals surface area (Å²) in [6.07, 6.45) is 1.59. The van der Waals surface area contributed by atoms with Crippen LogP contribution < -0.4 is 0 Å². The summed E-state index contributed by atoms with van der Waals surface area (Å²) in [6.45, 7) is 3.12. The molecule has 94 valence electrons. The lowest BCUT2D eigenvalue weighted by atomic mass is 10.2. The third kappa shape index (κ3) is 3.08. The largest absolute Gasteiger partial charge is 0.459 e. The number of carbonyl (C=O) groups excluding carboxylic acids is 1. The van der Waals surface area contributed by atoms with Crippen molar-refractivity contribution >= 4 is 5.91 Å². The van der Waals surface area contributed by atoms with Crippen LogP contribution in [0.5, 0.6) is 0 Å².